The zero-order valence-corrected chi connectivity index (χ0v) is 23.0. The molecule has 0 radical (unpaired) electrons. The molecule has 5 nitrogen and oxygen atoms in total. The molecule has 1 N–H and O–H groups in total. The molecular weight excluding hydrogens is 447 g/mol. The van der Waals surface area contributed by atoms with Crippen LogP contribution in [0, 0.1) is 0 Å². The third-order valence-electron chi connectivity index (χ3n) is 5.69. The van der Waals surface area contributed by atoms with Gasteiger partial charge in [-0.15, -0.1) is 5.75 Å². The summed E-state index contributed by atoms with van der Waals surface area (Å²) < 4.78 is 38.3. The van der Waals surface area contributed by atoms with E-state index in [1.807, 2.05) is 0 Å². The first kappa shape index (κ1) is 30.0. The van der Waals surface area contributed by atoms with Crippen LogP contribution in [0.4, 0.5) is 0 Å². The Balaban J connectivity index is 0.00000544. The van der Waals surface area contributed by atoms with E-state index in [4.69, 9.17) is 4.74 Å². The van der Waals surface area contributed by atoms with Gasteiger partial charge in [-0.2, -0.15) is 8.42 Å². The molecule has 0 amide bonds. The van der Waals surface area contributed by atoms with Crippen molar-refractivity contribution in [2.24, 2.45) is 0 Å². The van der Waals surface area contributed by atoms with Crippen molar-refractivity contribution in [3.05, 3.63) is 48.0 Å². The summed E-state index contributed by atoms with van der Waals surface area (Å²) in [5, 5.41) is 11.3. The maximum Gasteiger partial charge on any atom is 1.00 e. The zero-order chi connectivity index (χ0) is 23.2. The van der Waals surface area contributed by atoms with Gasteiger partial charge in [0.2, 0.25) is 0 Å². The van der Waals surface area contributed by atoms with Crippen LogP contribution >= 0.6 is 0 Å². The summed E-state index contributed by atoms with van der Waals surface area (Å²) in [5.41, 5.74) is 0.885. The maximum atomic E-state index is 11.5. The van der Waals surface area contributed by atoms with E-state index in [9.17, 15) is 18.1 Å². The molecule has 0 bridgehead atoms. The van der Waals surface area contributed by atoms with Gasteiger partial charge in [-0.3, -0.25) is 4.55 Å². The van der Waals surface area contributed by atoms with Crippen LogP contribution in [0.5, 0.6) is 17.2 Å². The number of unbranched alkanes of at least 4 members (excludes halogenated alkanes) is 11. The van der Waals surface area contributed by atoms with Gasteiger partial charge in [-0.05, 0) is 36.6 Å². The van der Waals surface area contributed by atoms with Gasteiger partial charge in [0.1, 0.15) is 11.5 Å². The smallest absolute Gasteiger partial charge is 0.872 e. The second-order valence-corrected chi connectivity index (χ2v) is 9.88. The van der Waals surface area contributed by atoms with Crippen LogP contribution in [0.15, 0.2) is 47.4 Å². The van der Waals surface area contributed by atoms with Crippen LogP contribution in [0.1, 0.15) is 89.5 Å². The first-order chi connectivity index (χ1) is 15.4. The van der Waals surface area contributed by atoms with Crippen LogP contribution in [-0.4, -0.2) is 13.0 Å². The van der Waals surface area contributed by atoms with E-state index >= 15 is 0 Å². The number of aryl methyl sites for hydroxylation is 1. The second-order valence-electron chi connectivity index (χ2n) is 8.46. The van der Waals surface area contributed by atoms with Gasteiger partial charge >= 0.3 is 29.6 Å². The van der Waals surface area contributed by atoms with E-state index in [0.29, 0.717) is 11.5 Å². The number of rotatable bonds is 16. The predicted molar refractivity (Wildman–Crippen MR) is 127 cm³/mol. The zero-order valence-electron chi connectivity index (χ0n) is 20.2. The molecule has 0 fully saturated rings. The minimum Gasteiger partial charge on any atom is -0.872 e. The Morgan fingerprint density at radius 2 is 1.30 bits per heavy atom. The summed E-state index contributed by atoms with van der Waals surface area (Å²) in [7, 11) is -4.32. The van der Waals surface area contributed by atoms with Gasteiger partial charge in [-0.25, -0.2) is 0 Å². The molecule has 0 unspecified atom stereocenters. The molecule has 178 valence electrons. The number of hydrogen-bond acceptors (Lipinski definition) is 4. The molecule has 2 aromatic rings. The number of benzene rings is 2. The van der Waals surface area contributed by atoms with E-state index in [0.717, 1.165) is 24.8 Å². The van der Waals surface area contributed by atoms with Crippen molar-refractivity contribution in [2.75, 3.05) is 0 Å². The second kappa shape index (κ2) is 16.6. The van der Waals surface area contributed by atoms with Crippen LogP contribution in [0.3, 0.4) is 0 Å². The fraction of sp³-hybridized carbons (Fsp3) is 0.538. The molecular formula is C26H37NaO5S. The topological polar surface area (TPSA) is 86.7 Å². The van der Waals surface area contributed by atoms with Crippen molar-refractivity contribution in [3.63, 3.8) is 0 Å². The van der Waals surface area contributed by atoms with E-state index in [1.54, 1.807) is 18.2 Å². The van der Waals surface area contributed by atoms with Crippen LogP contribution in [0.25, 0.3) is 0 Å². The van der Waals surface area contributed by atoms with E-state index in [2.05, 4.69) is 6.92 Å². The first-order valence-corrected chi connectivity index (χ1v) is 13.4. The summed E-state index contributed by atoms with van der Waals surface area (Å²) in [5.74, 6) is 0.718. The molecule has 0 saturated carbocycles. The maximum absolute atomic E-state index is 11.5. The summed E-state index contributed by atoms with van der Waals surface area (Å²) in [6, 6.07) is 10.3. The van der Waals surface area contributed by atoms with Gasteiger partial charge in [0.05, 0.1) is 4.90 Å². The average Bonchev–Trinajstić information content (AvgIpc) is 2.76. The molecule has 0 aromatic heterocycles. The van der Waals surface area contributed by atoms with Gasteiger partial charge in [0.15, 0.2) is 0 Å². The van der Waals surface area contributed by atoms with Gasteiger partial charge in [-0.1, -0.05) is 95.8 Å². The van der Waals surface area contributed by atoms with E-state index < -0.39 is 10.1 Å². The molecule has 0 heterocycles. The largest absolute Gasteiger partial charge is 1.00 e. The summed E-state index contributed by atoms with van der Waals surface area (Å²) >= 11 is 0. The average molecular weight is 485 g/mol. The van der Waals surface area contributed by atoms with E-state index in [-0.39, 0.29) is 40.2 Å². The number of ether oxygens (including phenoxy) is 1. The Morgan fingerprint density at radius 1 is 0.788 bits per heavy atom. The fourth-order valence-electron chi connectivity index (χ4n) is 3.79. The van der Waals surface area contributed by atoms with Crippen molar-refractivity contribution in [2.45, 2.75) is 95.3 Å². The molecule has 0 atom stereocenters. The van der Waals surface area contributed by atoms with Crippen molar-refractivity contribution in [3.8, 4) is 17.2 Å². The molecule has 0 aliphatic carbocycles. The summed E-state index contributed by atoms with van der Waals surface area (Å²) in [4.78, 5) is -0.202. The molecule has 33 heavy (non-hydrogen) atoms. The summed E-state index contributed by atoms with van der Waals surface area (Å²) in [6.07, 6.45) is 16.0. The third-order valence-corrected chi connectivity index (χ3v) is 6.54. The monoisotopic (exact) mass is 484 g/mol. The predicted octanol–water partition coefficient (Wildman–Crippen LogP) is 4.05. The Bertz CT molecular complexity index is 897. The molecule has 0 spiro atoms. The molecule has 2 aromatic carbocycles. The Morgan fingerprint density at radius 3 is 1.82 bits per heavy atom. The summed E-state index contributed by atoms with van der Waals surface area (Å²) in [6.45, 7) is 2.25. The normalized spacial score (nSPS) is 11.2. The quantitative estimate of drug-likeness (QED) is 0.221. The standard InChI is InChI=1S/C26H38O5S.Na/c1-2-3-4-5-6-7-8-9-10-11-12-13-14-22-15-20-25(32(28,29)30)21-26(22)31-24-18-16-23(27)17-19-24;/h15-21,27H,2-14H2,1H3,(H,28,29,30);/q;+1/p-1. The van der Waals surface area contributed by atoms with Crippen LogP contribution in [-0.2, 0) is 16.5 Å². The molecule has 0 saturated heterocycles. The van der Waals surface area contributed by atoms with E-state index in [1.165, 1.54) is 88.5 Å². The Labute approximate surface area is 222 Å². The number of hydrogen-bond donors (Lipinski definition) is 1. The van der Waals surface area contributed by atoms with Crippen molar-refractivity contribution in [1.82, 2.24) is 0 Å². The SMILES string of the molecule is CCCCCCCCCCCCCCc1ccc(S(=O)(=O)O)cc1Oc1ccc([O-])cc1.[Na+]. The minimum atomic E-state index is -4.32. The molecule has 7 heteroatoms. The van der Waals surface area contributed by atoms with Crippen molar-refractivity contribution >= 4 is 10.1 Å². The minimum absolute atomic E-state index is 0. The third kappa shape index (κ3) is 12.3. The van der Waals surface area contributed by atoms with Crippen molar-refractivity contribution < 1.29 is 52.4 Å². The molecule has 0 aliphatic heterocycles. The van der Waals surface area contributed by atoms with Crippen LogP contribution in [0.2, 0.25) is 0 Å². The van der Waals surface area contributed by atoms with Crippen molar-refractivity contribution in [1.29, 1.82) is 0 Å². The molecule has 0 aliphatic rings. The van der Waals surface area contributed by atoms with Gasteiger partial charge < -0.3 is 9.84 Å². The Kier molecular flexibility index (Phi) is 15.0. The van der Waals surface area contributed by atoms with Gasteiger partial charge in [0, 0.05) is 6.07 Å². The van der Waals surface area contributed by atoms with Gasteiger partial charge in [0.25, 0.3) is 10.1 Å². The van der Waals surface area contributed by atoms with Crippen LogP contribution < -0.4 is 39.4 Å². The Hall–Kier alpha value is -1.05. The fourth-order valence-corrected chi connectivity index (χ4v) is 4.28. The molecule has 2 rings (SSSR count). The first-order valence-electron chi connectivity index (χ1n) is 12.0.